The molecule has 2 atom stereocenters. The molecule has 49 heavy (non-hydrogen) atoms. The third-order valence-corrected chi connectivity index (χ3v) is 10.0. The number of nitrogen functional groups attached to an aromatic ring is 1. The first kappa shape index (κ1) is 34.9. The summed E-state index contributed by atoms with van der Waals surface area (Å²) < 4.78 is 102. The summed E-state index contributed by atoms with van der Waals surface area (Å²) in [7, 11) is -15.4. The van der Waals surface area contributed by atoms with Crippen molar-refractivity contribution in [2.24, 2.45) is 26.4 Å². The van der Waals surface area contributed by atoms with Gasteiger partial charge in [0.25, 0.3) is 36.0 Å². The summed E-state index contributed by atoms with van der Waals surface area (Å²) in [6, 6.07) is 7.00. The fourth-order valence-electron chi connectivity index (χ4n) is 5.02. The molecule has 0 saturated heterocycles. The monoisotopic (exact) mass is 734 g/mol. The summed E-state index contributed by atoms with van der Waals surface area (Å²) >= 11 is 0. The molecular formula is C27H22N6O13S3. The molecule has 4 aromatic rings. The standard InChI is InChI=1S/C27H22N6O13S3/c1-12-2-7-15-17(10-21(49(44,45)46)25(26(15)34)32-29-13-3-5-14(6-4-13)33(36)37)24(12)31-30-18-9-8-16-19(47(38,39)40)11-20(48(41,42)43)23(28)22(16)27(18)35/h2-12,24,34-35H,28H2,1H3,(H,38,39,40)(H,41,42,43)(H,44,45,46). The Bertz CT molecular complexity index is 2500. The maximum Gasteiger partial charge on any atom is 0.296 e. The highest BCUT2D eigenvalue weighted by Crippen LogP contribution is 2.48. The van der Waals surface area contributed by atoms with Crippen molar-refractivity contribution < 1.29 is 54.0 Å². The van der Waals surface area contributed by atoms with E-state index in [4.69, 9.17) is 5.73 Å². The van der Waals surface area contributed by atoms with Gasteiger partial charge >= 0.3 is 0 Å². The Labute approximate surface area is 276 Å². The molecule has 0 fully saturated rings. The van der Waals surface area contributed by atoms with Crippen molar-refractivity contribution in [1.29, 1.82) is 0 Å². The number of azo groups is 2. The zero-order chi connectivity index (χ0) is 36.2. The fourth-order valence-corrected chi connectivity index (χ4v) is 7.12. The van der Waals surface area contributed by atoms with Gasteiger partial charge in [-0.3, -0.25) is 23.8 Å². The molecule has 0 heterocycles. The molecule has 0 saturated carbocycles. The lowest BCUT2D eigenvalue weighted by Gasteiger charge is -2.25. The summed E-state index contributed by atoms with van der Waals surface area (Å²) in [4.78, 5) is 7.24. The molecular weight excluding hydrogens is 713 g/mol. The third-order valence-electron chi connectivity index (χ3n) is 7.36. The number of nitro groups is 1. The Morgan fingerprint density at radius 2 is 1.41 bits per heavy atom. The molecule has 1 aliphatic rings. The van der Waals surface area contributed by atoms with Crippen LogP contribution >= 0.6 is 0 Å². The van der Waals surface area contributed by atoms with Crippen LogP contribution in [0.3, 0.4) is 0 Å². The summed E-state index contributed by atoms with van der Waals surface area (Å²) in [5.41, 5.74) is 3.82. The second-order valence-corrected chi connectivity index (χ2v) is 14.7. The van der Waals surface area contributed by atoms with Gasteiger partial charge in [0, 0.05) is 29.0 Å². The van der Waals surface area contributed by atoms with Crippen LogP contribution in [-0.2, 0) is 30.4 Å². The first-order valence-corrected chi connectivity index (χ1v) is 17.7. The number of rotatable bonds is 8. The maximum atomic E-state index is 12.4. The number of non-ortho nitro benzene ring substituents is 1. The van der Waals surface area contributed by atoms with Gasteiger partial charge in [0.05, 0.1) is 21.7 Å². The van der Waals surface area contributed by atoms with Crippen LogP contribution in [0.1, 0.15) is 24.1 Å². The van der Waals surface area contributed by atoms with Gasteiger partial charge in [0.2, 0.25) is 0 Å². The van der Waals surface area contributed by atoms with Crippen LogP contribution in [-0.4, -0.2) is 54.0 Å². The zero-order valence-electron chi connectivity index (χ0n) is 24.5. The van der Waals surface area contributed by atoms with Crippen LogP contribution in [0.25, 0.3) is 16.8 Å². The molecule has 0 amide bonds. The Morgan fingerprint density at radius 3 is 1.98 bits per heavy atom. The van der Waals surface area contributed by atoms with E-state index in [-0.39, 0.29) is 22.5 Å². The van der Waals surface area contributed by atoms with Crippen molar-refractivity contribution in [3.63, 3.8) is 0 Å². The number of anilines is 1. The molecule has 5 rings (SSSR count). The molecule has 0 aliphatic heterocycles. The van der Waals surface area contributed by atoms with Gasteiger partial charge in [0.15, 0.2) is 11.5 Å². The molecule has 0 radical (unpaired) electrons. The number of nitrogens with two attached hydrogens (primary N) is 1. The average molecular weight is 735 g/mol. The second kappa shape index (κ2) is 12.2. The van der Waals surface area contributed by atoms with Gasteiger partial charge in [-0.25, -0.2) is 0 Å². The lowest BCUT2D eigenvalue weighted by molar-refractivity contribution is -0.384. The average Bonchev–Trinajstić information content (AvgIpc) is 2.99. The summed E-state index contributed by atoms with van der Waals surface area (Å²) in [6.07, 6.45) is 2.98. The largest absolute Gasteiger partial charge is 0.505 e. The molecule has 0 bridgehead atoms. The number of benzene rings is 4. The SMILES string of the molecule is CC1C=Cc2c(cc(S(=O)(=O)O)c(N=Nc3ccc([N+](=O)[O-])cc3)c2O)C1N=Nc1ccc2c(S(=O)(=O)O)cc(S(=O)(=O)O)c(N)c2c1O. The highest BCUT2D eigenvalue weighted by Gasteiger charge is 2.32. The Hall–Kier alpha value is -5.39. The quantitative estimate of drug-likeness (QED) is 0.0435. The van der Waals surface area contributed by atoms with Crippen molar-refractivity contribution in [2.75, 3.05) is 5.73 Å². The first-order chi connectivity index (χ1) is 22.7. The van der Waals surface area contributed by atoms with Gasteiger partial charge in [-0.05, 0) is 35.9 Å². The molecule has 1 aliphatic carbocycles. The smallest absolute Gasteiger partial charge is 0.296 e. The summed E-state index contributed by atoms with van der Waals surface area (Å²) in [5.74, 6) is -2.21. The molecule has 2 unspecified atom stereocenters. The predicted molar refractivity (Wildman–Crippen MR) is 170 cm³/mol. The van der Waals surface area contributed by atoms with Crippen molar-refractivity contribution in [1.82, 2.24) is 0 Å². The Balaban J connectivity index is 1.64. The molecule has 0 aromatic heterocycles. The number of nitro benzene ring substituents is 1. The molecule has 256 valence electrons. The highest BCUT2D eigenvalue weighted by atomic mass is 32.2. The second-order valence-electron chi connectivity index (χ2n) is 10.5. The molecule has 7 N–H and O–H groups in total. The first-order valence-electron chi connectivity index (χ1n) is 13.4. The Morgan fingerprint density at radius 1 is 0.796 bits per heavy atom. The lowest BCUT2D eigenvalue weighted by Crippen LogP contribution is -2.12. The summed E-state index contributed by atoms with van der Waals surface area (Å²) in [5, 5.41) is 47.7. The number of hydrogen-bond acceptors (Lipinski definition) is 15. The van der Waals surface area contributed by atoms with Crippen LogP contribution in [0.5, 0.6) is 11.5 Å². The number of nitrogens with zero attached hydrogens (tertiary/aromatic N) is 5. The van der Waals surface area contributed by atoms with Gasteiger partial charge in [0.1, 0.15) is 32.1 Å². The summed E-state index contributed by atoms with van der Waals surface area (Å²) in [6.45, 7) is 1.63. The van der Waals surface area contributed by atoms with E-state index in [1.54, 1.807) is 13.0 Å². The van der Waals surface area contributed by atoms with E-state index in [9.17, 15) is 59.2 Å². The molecule has 0 spiro atoms. The van der Waals surface area contributed by atoms with E-state index in [0.29, 0.717) is 6.07 Å². The van der Waals surface area contributed by atoms with Crippen LogP contribution in [0, 0.1) is 16.0 Å². The normalized spacial score (nSPS) is 16.8. The van der Waals surface area contributed by atoms with Crippen LogP contribution in [0.4, 0.5) is 28.4 Å². The van der Waals surface area contributed by atoms with E-state index < -0.39 is 101 Å². The zero-order valence-corrected chi connectivity index (χ0v) is 26.9. The lowest BCUT2D eigenvalue weighted by atomic mass is 9.85. The maximum absolute atomic E-state index is 12.4. The van der Waals surface area contributed by atoms with Crippen molar-refractivity contribution in [3.05, 3.63) is 75.8 Å². The van der Waals surface area contributed by atoms with E-state index >= 15 is 0 Å². The van der Waals surface area contributed by atoms with Crippen molar-refractivity contribution in [2.45, 2.75) is 27.7 Å². The number of phenolic OH excluding ortho intramolecular Hbond substituents is 2. The van der Waals surface area contributed by atoms with Crippen LogP contribution in [0.2, 0.25) is 0 Å². The number of fused-ring (bicyclic) bond motifs is 2. The van der Waals surface area contributed by atoms with Crippen molar-refractivity contribution >= 4 is 75.6 Å². The van der Waals surface area contributed by atoms with Crippen LogP contribution < -0.4 is 5.73 Å². The van der Waals surface area contributed by atoms with Gasteiger partial charge in [-0.1, -0.05) is 25.1 Å². The van der Waals surface area contributed by atoms with E-state index in [1.165, 1.54) is 18.2 Å². The molecule has 4 aromatic carbocycles. The number of aromatic hydroxyl groups is 2. The molecule has 19 nitrogen and oxygen atoms in total. The van der Waals surface area contributed by atoms with E-state index in [2.05, 4.69) is 20.5 Å². The minimum atomic E-state index is -5.16. The number of hydrogen-bond donors (Lipinski definition) is 6. The van der Waals surface area contributed by atoms with E-state index in [0.717, 1.165) is 30.3 Å². The minimum Gasteiger partial charge on any atom is -0.505 e. The van der Waals surface area contributed by atoms with E-state index in [1.807, 2.05) is 0 Å². The predicted octanol–water partition coefficient (Wildman–Crippen LogP) is 5.38. The topological polar surface area (TPSA) is 322 Å². The fraction of sp³-hybridized carbons (Fsp3) is 0.111. The third kappa shape index (κ3) is 6.67. The number of phenols is 2. The van der Waals surface area contributed by atoms with Gasteiger partial charge in [-0.2, -0.15) is 40.6 Å². The Kier molecular flexibility index (Phi) is 8.73. The van der Waals surface area contributed by atoms with Gasteiger partial charge in [-0.15, -0.1) is 5.11 Å². The minimum absolute atomic E-state index is 0.00494. The van der Waals surface area contributed by atoms with Crippen LogP contribution in [0.15, 0.2) is 89.8 Å². The highest BCUT2D eigenvalue weighted by molar-refractivity contribution is 7.87. The van der Waals surface area contributed by atoms with Crippen molar-refractivity contribution in [3.8, 4) is 11.5 Å². The molecule has 22 heteroatoms. The van der Waals surface area contributed by atoms with Gasteiger partial charge < -0.3 is 15.9 Å².